The van der Waals surface area contributed by atoms with E-state index in [1.807, 2.05) is 12.2 Å². The fourth-order valence-corrected chi connectivity index (χ4v) is 6.34. The average Bonchev–Trinajstić information content (AvgIpc) is 3.97. The lowest BCUT2D eigenvalue weighted by Crippen LogP contribution is -2.34. The fraction of sp³-hybridized carbons (Fsp3) is 0.630. The second-order valence-corrected chi connectivity index (χ2v) is 15.9. The Kier molecular flexibility index (Phi) is 33.2. The standard InChI is InChI=1S/C46H74NO11P/c1-3-5-7-9-11-12-13-14-15-16-17-18-19-20-21-22-23-27-31-35-44(48)54-37-40(38-55-59(52,53)56-39-41(47)46(50)51)57-45(49)36-32-28-24-26-30-34-43-42(58-43)33-29-25-10-8-6-4-2/h5,7,11-12,14-15,17-18,20-21,23,25,27,29,40-43H,3-4,6,8-10,13,16,19,22,24,26,28,30-39,47H2,1-2H3,(H,50,51)(H,52,53)/b7-5-,12-11-,15-14-,18-17-,21-20-,27-23-,29-25-/t40-,41+,42?,43?/m1/s1. The van der Waals surface area contributed by atoms with Gasteiger partial charge in [-0.05, 0) is 77.0 Å². The van der Waals surface area contributed by atoms with E-state index in [1.165, 1.54) is 19.3 Å². The second-order valence-electron chi connectivity index (χ2n) is 14.5. The van der Waals surface area contributed by atoms with Crippen LogP contribution in [0.25, 0.3) is 0 Å². The first-order valence-corrected chi connectivity index (χ1v) is 23.2. The van der Waals surface area contributed by atoms with Crippen LogP contribution in [-0.2, 0) is 42.2 Å². The molecule has 3 unspecified atom stereocenters. The monoisotopic (exact) mass is 847 g/mol. The van der Waals surface area contributed by atoms with Crippen molar-refractivity contribution < 1.29 is 52.2 Å². The molecule has 1 fully saturated rings. The van der Waals surface area contributed by atoms with Crippen LogP contribution >= 0.6 is 7.82 Å². The summed E-state index contributed by atoms with van der Waals surface area (Å²) in [7, 11) is -4.75. The van der Waals surface area contributed by atoms with Crippen LogP contribution in [-0.4, -0.2) is 72.1 Å². The van der Waals surface area contributed by atoms with Crippen LogP contribution < -0.4 is 5.73 Å². The first-order chi connectivity index (χ1) is 28.6. The zero-order valence-electron chi connectivity index (χ0n) is 35.7. The van der Waals surface area contributed by atoms with Gasteiger partial charge in [-0.15, -0.1) is 0 Å². The molecule has 0 saturated carbocycles. The van der Waals surface area contributed by atoms with Crippen molar-refractivity contribution in [3.05, 3.63) is 85.1 Å². The first kappa shape index (κ1) is 53.6. The van der Waals surface area contributed by atoms with E-state index >= 15 is 0 Å². The molecule has 0 radical (unpaired) electrons. The van der Waals surface area contributed by atoms with Crippen molar-refractivity contribution in [2.75, 3.05) is 19.8 Å². The van der Waals surface area contributed by atoms with Crippen LogP contribution in [0.4, 0.5) is 0 Å². The molecule has 0 aromatic heterocycles. The number of carbonyl (C=O) groups is 3. The molecule has 0 amide bonds. The number of hydrogen-bond donors (Lipinski definition) is 3. The van der Waals surface area contributed by atoms with E-state index in [9.17, 15) is 23.8 Å². The van der Waals surface area contributed by atoms with Crippen LogP contribution in [0.15, 0.2) is 85.1 Å². The Morgan fingerprint density at radius 1 is 0.644 bits per heavy atom. The number of allylic oxidation sites excluding steroid dienone is 13. The van der Waals surface area contributed by atoms with Gasteiger partial charge in [-0.3, -0.25) is 23.4 Å². The van der Waals surface area contributed by atoms with Gasteiger partial charge in [0.25, 0.3) is 0 Å². The number of epoxide rings is 1. The topological polar surface area (TPSA) is 184 Å². The molecule has 1 rings (SSSR count). The smallest absolute Gasteiger partial charge is 0.472 e. The van der Waals surface area contributed by atoms with E-state index in [4.69, 9.17) is 29.6 Å². The van der Waals surface area contributed by atoms with Gasteiger partial charge < -0.3 is 29.9 Å². The lowest BCUT2D eigenvalue weighted by Gasteiger charge is -2.20. The molecular formula is C46H74NO11P. The quantitative estimate of drug-likeness (QED) is 0.0176. The Hall–Kier alpha value is -3.38. The number of nitrogens with two attached hydrogens (primary N) is 1. The van der Waals surface area contributed by atoms with E-state index in [2.05, 4.69) is 91.3 Å². The van der Waals surface area contributed by atoms with Gasteiger partial charge in [0.05, 0.1) is 25.4 Å². The third-order valence-electron chi connectivity index (χ3n) is 9.06. The number of aliphatic carboxylic acids is 1. The molecule has 0 bridgehead atoms. The second kappa shape index (κ2) is 36.5. The molecule has 5 atom stereocenters. The van der Waals surface area contributed by atoms with Gasteiger partial charge in [0, 0.05) is 12.8 Å². The van der Waals surface area contributed by atoms with Gasteiger partial charge in [-0.2, -0.15) is 0 Å². The molecule has 334 valence electrons. The molecule has 13 heteroatoms. The number of carboxylic acid groups (broad SMARTS) is 1. The molecule has 59 heavy (non-hydrogen) atoms. The number of phosphoric acid groups is 1. The van der Waals surface area contributed by atoms with Crippen molar-refractivity contribution in [1.29, 1.82) is 0 Å². The number of carbonyl (C=O) groups excluding carboxylic acids is 2. The SMILES string of the molecule is CC/C=C\C/C=C\C/C=C\C/C=C\C/C=C\C/C=C\CCC(=O)OC[C@H](COP(=O)(O)OC[C@H](N)C(=O)O)OC(=O)CCCCCCCC1OC1C/C=C\CCCCC. The van der Waals surface area contributed by atoms with Crippen molar-refractivity contribution >= 4 is 25.7 Å². The van der Waals surface area contributed by atoms with Crippen molar-refractivity contribution in [1.82, 2.24) is 0 Å². The predicted octanol–water partition coefficient (Wildman–Crippen LogP) is 10.5. The number of unbranched alkanes of at least 4 members (excludes halogenated alkanes) is 7. The molecule has 0 spiro atoms. The lowest BCUT2D eigenvalue weighted by molar-refractivity contribution is -0.161. The number of rotatable bonds is 38. The van der Waals surface area contributed by atoms with Gasteiger partial charge in [-0.25, -0.2) is 4.57 Å². The number of ether oxygens (including phenoxy) is 3. The van der Waals surface area contributed by atoms with Gasteiger partial charge in [0.2, 0.25) is 0 Å². The molecule has 1 aliphatic heterocycles. The number of carboxylic acids is 1. The van der Waals surface area contributed by atoms with E-state index in [1.54, 1.807) is 0 Å². The van der Waals surface area contributed by atoms with Crippen LogP contribution in [0.2, 0.25) is 0 Å². The molecule has 0 aliphatic carbocycles. The number of hydrogen-bond acceptors (Lipinski definition) is 10. The minimum absolute atomic E-state index is 0.0854. The van der Waals surface area contributed by atoms with Crippen molar-refractivity contribution in [3.63, 3.8) is 0 Å². The van der Waals surface area contributed by atoms with Gasteiger partial charge in [-0.1, -0.05) is 137 Å². The summed E-state index contributed by atoms with van der Waals surface area (Å²) in [5.41, 5.74) is 5.33. The highest BCUT2D eigenvalue weighted by Gasteiger charge is 2.36. The fourth-order valence-electron chi connectivity index (χ4n) is 5.57. The zero-order valence-corrected chi connectivity index (χ0v) is 36.6. The highest BCUT2D eigenvalue weighted by Crippen LogP contribution is 2.43. The maximum atomic E-state index is 12.6. The van der Waals surface area contributed by atoms with Gasteiger partial charge in [0.15, 0.2) is 6.10 Å². The summed E-state index contributed by atoms with van der Waals surface area (Å²) in [6.45, 7) is 2.54. The lowest BCUT2D eigenvalue weighted by atomic mass is 10.1. The predicted molar refractivity (Wildman–Crippen MR) is 235 cm³/mol. The van der Waals surface area contributed by atoms with Crippen LogP contribution in [0, 0.1) is 0 Å². The summed E-state index contributed by atoms with van der Waals surface area (Å²) >= 11 is 0. The Labute approximate surface area is 354 Å². The van der Waals surface area contributed by atoms with Crippen molar-refractivity contribution in [2.24, 2.45) is 5.73 Å². The van der Waals surface area contributed by atoms with Crippen LogP contribution in [0.3, 0.4) is 0 Å². The molecule has 4 N–H and O–H groups in total. The highest BCUT2D eigenvalue weighted by atomic mass is 31.2. The number of phosphoric ester groups is 1. The third-order valence-corrected chi connectivity index (χ3v) is 10.0. The third kappa shape index (κ3) is 34.1. The van der Waals surface area contributed by atoms with Crippen molar-refractivity contribution in [3.8, 4) is 0 Å². The number of esters is 2. The Morgan fingerprint density at radius 2 is 1.20 bits per heavy atom. The molecule has 1 aliphatic rings. The molecule has 0 aromatic carbocycles. The van der Waals surface area contributed by atoms with E-state index in [-0.39, 0.29) is 12.8 Å². The van der Waals surface area contributed by atoms with Crippen LogP contribution in [0.5, 0.6) is 0 Å². The normalized spacial score (nSPS) is 18.0. The maximum Gasteiger partial charge on any atom is 0.472 e. The Balaban J connectivity index is 2.36. The molecule has 0 aromatic rings. The summed E-state index contributed by atoms with van der Waals surface area (Å²) in [4.78, 5) is 46.0. The Morgan fingerprint density at radius 3 is 1.81 bits per heavy atom. The minimum atomic E-state index is -4.75. The maximum absolute atomic E-state index is 12.6. The summed E-state index contributed by atoms with van der Waals surface area (Å²) in [5, 5.41) is 8.89. The largest absolute Gasteiger partial charge is 0.480 e. The molecule has 1 heterocycles. The Bertz CT molecular complexity index is 1390. The first-order valence-electron chi connectivity index (χ1n) is 21.7. The summed E-state index contributed by atoms with van der Waals surface area (Å²) in [5.74, 6) is -2.52. The van der Waals surface area contributed by atoms with Crippen molar-refractivity contribution in [2.45, 2.75) is 167 Å². The summed E-state index contributed by atoms with van der Waals surface area (Å²) in [6.07, 6.45) is 46.8. The molecule has 12 nitrogen and oxygen atoms in total. The van der Waals surface area contributed by atoms with Crippen LogP contribution in [0.1, 0.15) is 142 Å². The van der Waals surface area contributed by atoms with E-state index < -0.39 is 57.7 Å². The summed E-state index contributed by atoms with van der Waals surface area (Å²) < 4.78 is 38.4. The van der Waals surface area contributed by atoms with E-state index in [0.29, 0.717) is 25.0 Å². The average molecular weight is 848 g/mol. The summed E-state index contributed by atoms with van der Waals surface area (Å²) in [6, 6.07) is -1.54. The molecular weight excluding hydrogens is 773 g/mol. The zero-order chi connectivity index (χ0) is 43.2. The minimum Gasteiger partial charge on any atom is -0.480 e. The van der Waals surface area contributed by atoms with Gasteiger partial charge in [0.1, 0.15) is 12.6 Å². The van der Waals surface area contributed by atoms with E-state index in [0.717, 1.165) is 83.5 Å². The van der Waals surface area contributed by atoms with Gasteiger partial charge >= 0.3 is 25.7 Å². The molecule has 1 saturated heterocycles. The highest BCUT2D eigenvalue weighted by molar-refractivity contribution is 7.47.